The number of nitrogens with one attached hydrogen (secondary N) is 3. The molecule has 1 aromatic carbocycles. The van der Waals surface area contributed by atoms with Gasteiger partial charge in [-0.3, -0.25) is 14.9 Å². The zero-order chi connectivity index (χ0) is 17.1. The van der Waals surface area contributed by atoms with Gasteiger partial charge in [-0.25, -0.2) is 4.79 Å². The van der Waals surface area contributed by atoms with Crippen molar-refractivity contribution in [3.63, 3.8) is 0 Å². The van der Waals surface area contributed by atoms with Gasteiger partial charge in [0.2, 0.25) is 5.91 Å². The van der Waals surface area contributed by atoms with Crippen molar-refractivity contribution in [3.05, 3.63) is 24.3 Å². The number of ether oxygens (including phenoxy) is 1. The van der Waals surface area contributed by atoms with E-state index in [4.69, 9.17) is 4.74 Å². The van der Waals surface area contributed by atoms with Gasteiger partial charge in [-0.05, 0) is 25.0 Å². The van der Waals surface area contributed by atoms with Gasteiger partial charge in [0, 0.05) is 13.1 Å². The number of rotatable bonds is 4. The molecule has 1 aliphatic heterocycles. The van der Waals surface area contributed by atoms with Crippen molar-refractivity contribution >= 4 is 23.5 Å². The second kappa shape index (κ2) is 6.77. The van der Waals surface area contributed by atoms with Crippen molar-refractivity contribution < 1.29 is 19.1 Å². The van der Waals surface area contributed by atoms with E-state index < -0.39 is 18.0 Å². The highest BCUT2D eigenvalue weighted by molar-refractivity contribution is 5.97. The Morgan fingerprint density at radius 1 is 1.25 bits per heavy atom. The van der Waals surface area contributed by atoms with Crippen molar-refractivity contribution in [3.8, 4) is 5.75 Å². The number of benzene rings is 1. The van der Waals surface area contributed by atoms with E-state index in [1.807, 2.05) is 12.1 Å². The van der Waals surface area contributed by atoms with Crippen molar-refractivity contribution in [1.29, 1.82) is 0 Å². The Morgan fingerprint density at radius 3 is 2.71 bits per heavy atom. The average molecular weight is 332 g/mol. The molecule has 0 saturated heterocycles. The maximum atomic E-state index is 12.1. The minimum absolute atomic E-state index is 0.0358. The predicted molar refractivity (Wildman–Crippen MR) is 86.8 cm³/mol. The number of imide groups is 1. The van der Waals surface area contributed by atoms with Gasteiger partial charge in [-0.15, -0.1) is 0 Å². The molecule has 24 heavy (non-hydrogen) atoms. The van der Waals surface area contributed by atoms with Crippen molar-refractivity contribution in [1.82, 2.24) is 16.0 Å². The second-order valence-electron chi connectivity index (χ2n) is 5.86. The van der Waals surface area contributed by atoms with Gasteiger partial charge in [0.1, 0.15) is 5.75 Å². The van der Waals surface area contributed by atoms with Crippen LogP contribution in [-0.4, -0.2) is 50.1 Å². The molecule has 0 bridgehead atoms. The quantitative estimate of drug-likeness (QED) is 0.720. The molecule has 0 spiro atoms. The first-order chi connectivity index (χ1) is 11.6. The predicted octanol–water partition coefficient (Wildman–Crippen LogP) is -0.0118. The van der Waals surface area contributed by atoms with Gasteiger partial charge < -0.3 is 20.3 Å². The standard InChI is InChI=1S/C16H20N4O4/c1-17-15(22)13-8-20(11-4-2-3-5-12(11)24-13)9-14(21)19-16(23)18-10-6-7-10/h2-5,10,13H,6-9H2,1H3,(H,17,22)(H2,18,19,21,23)/t13-/m1/s1. The molecule has 1 atom stereocenters. The molecular formula is C16H20N4O4. The summed E-state index contributed by atoms with van der Waals surface area (Å²) in [4.78, 5) is 37.4. The van der Waals surface area contributed by atoms with Gasteiger partial charge in [0.25, 0.3) is 5.91 Å². The van der Waals surface area contributed by atoms with Gasteiger partial charge in [-0.1, -0.05) is 12.1 Å². The zero-order valence-corrected chi connectivity index (χ0v) is 13.4. The minimum atomic E-state index is -0.710. The summed E-state index contributed by atoms with van der Waals surface area (Å²) in [5.41, 5.74) is 0.718. The van der Waals surface area contributed by atoms with E-state index in [0.29, 0.717) is 5.75 Å². The van der Waals surface area contributed by atoms with Crippen LogP contribution in [0.15, 0.2) is 24.3 Å². The minimum Gasteiger partial charge on any atom is -0.477 e. The van der Waals surface area contributed by atoms with E-state index in [2.05, 4.69) is 16.0 Å². The van der Waals surface area contributed by atoms with Gasteiger partial charge in [0.05, 0.1) is 18.8 Å². The molecule has 3 N–H and O–H groups in total. The zero-order valence-electron chi connectivity index (χ0n) is 13.4. The van der Waals surface area contributed by atoms with Crippen molar-refractivity contribution in [2.75, 3.05) is 25.0 Å². The van der Waals surface area contributed by atoms with E-state index in [1.54, 1.807) is 17.0 Å². The lowest BCUT2D eigenvalue weighted by atomic mass is 10.1. The molecular weight excluding hydrogens is 312 g/mol. The molecule has 3 rings (SSSR count). The van der Waals surface area contributed by atoms with Crippen LogP contribution in [0.1, 0.15) is 12.8 Å². The Labute approximate surface area is 139 Å². The Morgan fingerprint density at radius 2 is 2.00 bits per heavy atom. The first kappa shape index (κ1) is 16.1. The topological polar surface area (TPSA) is 99.8 Å². The summed E-state index contributed by atoms with van der Waals surface area (Å²) >= 11 is 0. The molecule has 4 amide bonds. The lowest BCUT2D eigenvalue weighted by Crippen LogP contribution is -2.52. The summed E-state index contributed by atoms with van der Waals surface area (Å²) in [7, 11) is 1.53. The summed E-state index contributed by atoms with van der Waals surface area (Å²) < 4.78 is 5.67. The van der Waals surface area contributed by atoms with E-state index in [-0.39, 0.29) is 25.0 Å². The number of likely N-dealkylation sites (N-methyl/N-ethyl adjacent to an activating group) is 1. The summed E-state index contributed by atoms with van der Waals surface area (Å²) in [6.45, 7) is 0.195. The maximum absolute atomic E-state index is 12.1. The Bertz CT molecular complexity index is 659. The molecule has 1 heterocycles. The second-order valence-corrected chi connectivity index (χ2v) is 5.86. The fraction of sp³-hybridized carbons (Fsp3) is 0.438. The van der Waals surface area contributed by atoms with Gasteiger partial charge in [-0.2, -0.15) is 0 Å². The molecule has 8 nitrogen and oxygen atoms in total. The highest BCUT2D eigenvalue weighted by Gasteiger charge is 2.31. The van der Waals surface area contributed by atoms with Crippen LogP contribution in [-0.2, 0) is 9.59 Å². The van der Waals surface area contributed by atoms with E-state index in [0.717, 1.165) is 18.5 Å². The molecule has 1 saturated carbocycles. The number of hydrogen-bond donors (Lipinski definition) is 3. The number of hydrogen-bond acceptors (Lipinski definition) is 5. The summed E-state index contributed by atoms with van der Waals surface area (Å²) in [6, 6.07) is 6.88. The smallest absolute Gasteiger partial charge is 0.321 e. The number of anilines is 1. The molecule has 1 fully saturated rings. The Hall–Kier alpha value is -2.77. The first-order valence-corrected chi connectivity index (χ1v) is 7.89. The monoisotopic (exact) mass is 332 g/mol. The number of fused-ring (bicyclic) bond motifs is 1. The number of para-hydroxylation sites is 2. The highest BCUT2D eigenvalue weighted by Crippen LogP contribution is 2.32. The van der Waals surface area contributed by atoms with Gasteiger partial charge >= 0.3 is 6.03 Å². The first-order valence-electron chi connectivity index (χ1n) is 7.89. The molecule has 0 aromatic heterocycles. The third kappa shape index (κ3) is 3.76. The number of carbonyl (C=O) groups is 3. The molecule has 1 aromatic rings. The summed E-state index contributed by atoms with van der Waals surface area (Å²) in [6.07, 6.45) is 1.19. The van der Waals surface area contributed by atoms with Crippen molar-refractivity contribution in [2.24, 2.45) is 0 Å². The normalized spacial score (nSPS) is 18.9. The van der Waals surface area contributed by atoms with E-state index >= 15 is 0 Å². The maximum Gasteiger partial charge on any atom is 0.321 e. The summed E-state index contributed by atoms with van der Waals surface area (Å²) in [5.74, 6) is -0.158. The number of carbonyl (C=O) groups excluding carboxylic acids is 3. The van der Waals surface area contributed by atoms with Crippen LogP contribution in [0.4, 0.5) is 10.5 Å². The Kier molecular flexibility index (Phi) is 4.54. The third-order valence-corrected chi connectivity index (χ3v) is 3.90. The van der Waals surface area contributed by atoms with Gasteiger partial charge in [0.15, 0.2) is 6.10 Å². The number of nitrogens with zero attached hydrogens (tertiary/aromatic N) is 1. The van der Waals surface area contributed by atoms with Crippen LogP contribution in [0, 0.1) is 0 Å². The van der Waals surface area contributed by atoms with Crippen LogP contribution in [0.2, 0.25) is 0 Å². The van der Waals surface area contributed by atoms with E-state index in [9.17, 15) is 14.4 Å². The molecule has 128 valence electrons. The van der Waals surface area contributed by atoms with Crippen LogP contribution in [0.25, 0.3) is 0 Å². The van der Waals surface area contributed by atoms with E-state index in [1.165, 1.54) is 7.05 Å². The largest absolute Gasteiger partial charge is 0.477 e. The van der Waals surface area contributed by atoms with Crippen molar-refractivity contribution in [2.45, 2.75) is 25.0 Å². The SMILES string of the molecule is CNC(=O)[C@H]1CN(CC(=O)NC(=O)NC2CC2)c2ccccc2O1. The summed E-state index contributed by atoms with van der Waals surface area (Å²) in [5, 5.41) is 7.56. The molecule has 2 aliphatic rings. The molecule has 1 aliphatic carbocycles. The van der Waals surface area contributed by atoms with Crippen LogP contribution >= 0.6 is 0 Å². The third-order valence-electron chi connectivity index (χ3n) is 3.90. The Balaban J connectivity index is 1.67. The fourth-order valence-corrected chi connectivity index (χ4v) is 2.54. The average Bonchev–Trinajstić information content (AvgIpc) is 3.37. The highest BCUT2D eigenvalue weighted by atomic mass is 16.5. The number of amides is 4. The number of urea groups is 1. The molecule has 0 radical (unpaired) electrons. The fourth-order valence-electron chi connectivity index (χ4n) is 2.54. The van der Waals surface area contributed by atoms with Crippen LogP contribution in [0.5, 0.6) is 5.75 Å². The van der Waals surface area contributed by atoms with Crippen LogP contribution < -0.4 is 25.6 Å². The lowest BCUT2D eigenvalue weighted by molar-refractivity contribution is -0.127. The molecule has 8 heteroatoms. The lowest BCUT2D eigenvalue weighted by Gasteiger charge is -2.34. The molecule has 0 unspecified atom stereocenters. The van der Waals surface area contributed by atoms with Crippen LogP contribution in [0.3, 0.4) is 0 Å².